The highest BCUT2D eigenvalue weighted by molar-refractivity contribution is 5.66. The van der Waals surface area contributed by atoms with E-state index in [0.29, 0.717) is 10.8 Å². The molecule has 2 nitrogen and oxygen atoms in total. The third kappa shape index (κ3) is 4.22. The van der Waals surface area contributed by atoms with Gasteiger partial charge in [-0.2, -0.15) is 0 Å². The topological polar surface area (TPSA) is 26.3 Å². The molecule has 0 N–H and O–H groups in total. The van der Waals surface area contributed by atoms with Crippen LogP contribution in [0.1, 0.15) is 119 Å². The Hall–Kier alpha value is -0.790. The summed E-state index contributed by atoms with van der Waals surface area (Å²) in [5.41, 5.74) is 4.20. The molecule has 0 amide bonds. The maximum atomic E-state index is 11.6. The second kappa shape index (κ2) is 9.10. The summed E-state index contributed by atoms with van der Waals surface area (Å²) in [6.45, 7) is 16.6. The minimum Gasteiger partial charge on any atom is -0.462 e. The predicted molar refractivity (Wildman–Crippen MR) is 133 cm³/mol. The van der Waals surface area contributed by atoms with Gasteiger partial charge in [-0.25, -0.2) is 0 Å². The van der Waals surface area contributed by atoms with E-state index in [9.17, 15) is 4.79 Å². The number of esters is 1. The third-order valence-corrected chi connectivity index (χ3v) is 11.0. The minimum absolute atomic E-state index is 0.110. The van der Waals surface area contributed by atoms with Gasteiger partial charge in [-0.05, 0) is 98.2 Å². The molecule has 0 saturated heterocycles. The maximum Gasteiger partial charge on any atom is 0.302 e. The monoisotopic (exact) mass is 442 g/mol. The van der Waals surface area contributed by atoms with Gasteiger partial charge in [0.15, 0.2) is 0 Å². The van der Waals surface area contributed by atoms with Gasteiger partial charge in [-0.3, -0.25) is 4.79 Å². The highest BCUT2D eigenvalue weighted by Crippen LogP contribution is 2.68. The molecule has 4 aliphatic rings. The lowest BCUT2D eigenvalue weighted by molar-refractivity contribution is -0.148. The van der Waals surface area contributed by atoms with Crippen LogP contribution in [-0.2, 0) is 9.53 Å². The van der Waals surface area contributed by atoms with Gasteiger partial charge in [0.2, 0.25) is 0 Å². The molecule has 0 unspecified atom stereocenters. The highest BCUT2D eigenvalue weighted by atomic mass is 16.5. The zero-order chi connectivity index (χ0) is 23.3. The van der Waals surface area contributed by atoms with Crippen molar-refractivity contribution in [3.05, 3.63) is 11.1 Å². The van der Waals surface area contributed by atoms with Gasteiger partial charge in [0.25, 0.3) is 0 Å². The van der Waals surface area contributed by atoms with Crippen LogP contribution in [0.4, 0.5) is 0 Å². The Labute approximate surface area is 198 Å². The lowest BCUT2D eigenvalue weighted by atomic mass is 9.46. The molecule has 0 aromatic heterocycles. The van der Waals surface area contributed by atoms with Crippen LogP contribution in [-0.4, -0.2) is 12.1 Å². The van der Waals surface area contributed by atoms with Gasteiger partial charge in [-0.1, -0.05) is 65.0 Å². The standard InChI is InChI=1S/C30H50O2/c1-19(2)9-8-10-20(3)25-11-12-26-24-17-21(4)28-18-23(32-22(5)31)13-15-30(28,7)27(24)14-16-29(25,26)6/h19-20,23-27H,8-18H2,1-7H3/t20-,23+,24+,25-,26+,27+,29-,30-/m1/s1. The van der Waals surface area contributed by atoms with Crippen molar-refractivity contribution in [2.24, 2.45) is 46.3 Å². The Morgan fingerprint density at radius 2 is 1.75 bits per heavy atom. The number of hydrogen-bond acceptors (Lipinski definition) is 2. The molecule has 0 radical (unpaired) electrons. The quantitative estimate of drug-likeness (QED) is 0.305. The largest absolute Gasteiger partial charge is 0.462 e. The molecule has 0 aromatic carbocycles. The Morgan fingerprint density at radius 3 is 2.44 bits per heavy atom. The normalized spacial score (nSPS) is 42.3. The smallest absolute Gasteiger partial charge is 0.302 e. The van der Waals surface area contributed by atoms with Crippen molar-refractivity contribution in [3.63, 3.8) is 0 Å². The molecule has 0 spiro atoms. The molecule has 3 fully saturated rings. The van der Waals surface area contributed by atoms with Gasteiger partial charge in [-0.15, -0.1) is 0 Å². The van der Waals surface area contributed by atoms with Crippen molar-refractivity contribution in [1.82, 2.24) is 0 Å². The number of carbonyl (C=O) groups excluding carboxylic acids is 1. The van der Waals surface area contributed by atoms with Crippen molar-refractivity contribution >= 4 is 5.97 Å². The van der Waals surface area contributed by atoms with E-state index in [4.69, 9.17) is 4.74 Å². The lowest BCUT2D eigenvalue weighted by Gasteiger charge is -2.59. The fraction of sp³-hybridized carbons (Fsp3) is 0.900. The van der Waals surface area contributed by atoms with Crippen LogP contribution in [0.2, 0.25) is 0 Å². The Balaban J connectivity index is 1.51. The van der Waals surface area contributed by atoms with Crippen molar-refractivity contribution in [2.45, 2.75) is 125 Å². The summed E-state index contributed by atoms with van der Waals surface area (Å²) in [5, 5.41) is 0. The van der Waals surface area contributed by atoms with E-state index in [1.807, 2.05) is 0 Å². The number of fused-ring (bicyclic) bond motifs is 5. The average Bonchev–Trinajstić information content (AvgIpc) is 3.06. The van der Waals surface area contributed by atoms with Gasteiger partial charge in [0.1, 0.15) is 6.10 Å². The van der Waals surface area contributed by atoms with Crippen molar-refractivity contribution in [3.8, 4) is 0 Å². The SMILES string of the molecule is CC(=O)O[C@H]1CC[C@@]2(C)C(=C(C)C[C@H]3[C@@H]4CC[C@H]([C@H](C)CCCC(C)C)[C@@]4(C)CC[C@@H]32)C1. The van der Waals surface area contributed by atoms with Crippen LogP contribution < -0.4 is 0 Å². The fourth-order valence-corrected chi connectivity index (χ4v) is 9.45. The van der Waals surface area contributed by atoms with Crippen molar-refractivity contribution < 1.29 is 9.53 Å². The zero-order valence-electron chi connectivity index (χ0n) is 22.1. The first kappa shape index (κ1) is 24.3. The molecular weight excluding hydrogens is 392 g/mol. The minimum atomic E-state index is -0.113. The molecule has 0 aromatic rings. The molecule has 0 bridgehead atoms. The third-order valence-electron chi connectivity index (χ3n) is 11.0. The number of allylic oxidation sites excluding steroid dienone is 1. The molecule has 4 rings (SSSR count). The Morgan fingerprint density at radius 1 is 1.00 bits per heavy atom. The van der Waals surface area contributed by atoms with E-state index in [2.05, 4.69) is 41.5 Å². The zero-order valence-corrected chi connectivity index (χ0v) is 22.1. The van der Waals surface area contributed by atoms with Gasteiger partial charge in [0.05, 0.1) is 0 Å². The van der Waals surface area contributed by atoms with E-state index in [0.717, 1.165) is 48.3 Å². The summed E-state index contributed by atoms with van der Waals surface area (Å²) in [7, 11) is 0. The van der Waals surface area contributed by atoms with Gasteiger partial charge < -0.3 is 4.74 Å². The molecule has 3 saturated carbocycles. The molecular formula is C30H50O2. The summed E-state index contributed by atoms with van der Waals surface area (Å²) in [5.74, 6) is 5.17. The first-order chi connectivity index (χ1) is 15.1. The van der Waals surface area contributed by atoms with E-state index in [1.165, 1.54) is 57.8 Å². The maximum absolute atomic E-state index is 11.6. The van der Waals surface area contributed by atoms with Gasteiger partial charge in [0, 0.05) is 13.3 Å². The van der Waals surface area contributed by atoms with Crippen LogP contribution in [0.5, 0.6) is 0 Å². The molecule has 8 atom stereocenters. The van der Waals surface area contributed by atoms with Crippen molar-refractivity contribution in [1.29, 1.82) is 0 Å². The molecule has 4 aliphatic carbocycles. The molecule has 2 heteroatoms. The van der Waals surface area contributed by atoms with Crippen LogP contribution in [0.15, 0.2) is 11.1 Å². The van der Waals surface area contributed by atoms with Crippen molar-refractivity contribution in [2.75, 3.05) is 0 Å². The number of rotatable bonds is 6. The summed E-state index contributed by atoms with van der Waals surface area (Å²) < 4.78 is 5.67. The van der Waals surface area contributed by atoms with Crippen LogP contribution in [0.3, 0.4) is 0 Å². The Bertz CT molecular complexity index is 735. The summed E-state index contributed by atoms with van der Waals surface area (Å²) >= 11 is 0. The van der Waals surface area contributed by atoms with E-state index in [-0.39, 0.29) is 12.1 Å². The lowest BCUT2D eigenvalue weighted by Crippen LogP contribution is -2.51. The number of ether oxygens (including phenoxy) is 1. The van der Waals surface area contributed by atoms with Crippen LogP contribution in [0, 0.1) is 46.3 Å². The number of carbonyl (C=O) groups is 1. The summed E-state index contributed by atoms with van der Waals surface area (Å²) in [4.78, 5) is 11.6. The highest BCUT2D eigenvalue weighted by Gasteiger charge is 2.59. The summed E-state index contributed by atoms with van der Waals surface area (Å²) in [6, 6.07) is 0. The van der Waals surface area contributed by atoms with E-state index >= 15 is 0 Å². The van der Waals surface area contributed by atoms with E-state index in [1.54, 1.807) is 18.1 Å². The fourth-order valence-electron chi connectivity index (χ4n) is 9.45. The molecule has 0 heterocycles. The first-order valence-corrected chi connectivity index (χ1v) is 13.9. The molecule has 0 aliphatic heterocycles. The Kier molecular flexibility index (Phi) is 6.92. The predicted octanol–water partition coefficient (Wildman–Crippen LogP) is 8.35. The second-order valence-corrected chi connectivity index (χ2v) is 13.3. The number of hydrogen-bond donors (Lipinski definition) is 0. The van der Waals surface area contributed by atoms with Gasteiger partial charge >= 0.3 is 5.97 Å². The van der Waals surface area contributed by atoms with Crippen LogP contribution in [0.25, 0.3) is 0 Å². The second-order valence-electron chi connectivity index (χ2n) is 13.3. The molecule has 182 valence electrons. The average molecular weight is 443 g/mol. The van der Waals surface area contributed by atoms with Crippen LogP contribution >= 0.6 is 0 Å². The summed E-state index contributed by atoms with van der Waals surface area (Å²) in [6.07, 6.45) is 14.7. The van der Waals surface area contributed by atoms with E-state index < -0.39 is 0 Å². The first-order valence-electron chi connectivity index (χ1n) is 13.9. The molecule has 32 heavy (non-hydrogen) atoms.